The number of aromatic nitrogens is 2. The lowest BCUT2D eigenvalue weighted by atomic mass is 10.1. The van der Waals surface area contributed by atoms with Gasteiger partial charge in [-0.05, 0) is 23.8 Å². The molecule has 3 atom stereocenters. The summed E-state index contributed by atoms with van der Waals surface area (Å²) in [6, 6.07) is 9.49. The van der Waals surface area contributed by atoms with Crippen molar-refractivity contribution in [2.75, 3.05) is 6.61 Å². The fourth-order valence-corrected chi connectivity index (χ4v) is 2.37. The Hall–Kier alpha value is -1.82. The van der Waals surface area contributed by atoms with Gasteiger partial charge in [-0.25, -0.2) is 0 Å². The predicted molar refractivity (Wildman–Crippen MR) is 72.8 cm³/mol. The largest absolute Gasteiger partial charge is 0.394 e. The average Bonchev–Trinajstić information content (AvgIpc) is 2.89. The summed E-state index contributed by atoms with van der Waals surface area (Å²) >= 11 is 0. The molecule has 5 nitrogen and oxygen atoms in total. The molecule has 1 fully saturated rings. The molecule has 1 saturated heterocycles. The van der Waals surface area contributed by atoms with Gasteiger partial charge in [0.1, 0.15) is 6.10 Å². The van der Waals surface area contributed by atoms with E-state index in [4.69, 9.17) is 9.84 Å². The lowest BCUT2D eigenvalue weighted by Gasteiger charge is -2.12. The number of aliphatic hydroxyl groups excluding tert-OH is 2. The number of hydrogen-bond donors (Lipinski definition) is 2. The first kappa shape index (κ1) is 13.2. The summed E-state index contributed by atoms with van der Waals surface area (Å²) in [4.78, 5) is 8.63. The Morgan fingerprint density at radius 3 is 2.60 bits per heavy atom. The number of hydrogen-bond acceptors (Lipinski definition) is 5. The average molecular weight is 272 g/mol. The van der Waals surface area contributed by atoms with Crippen molar-refractivity contribution in [2.45, 2.75) is 24.7 Å². The summed E-state index contributed by atoms with van der Waals surface area (Å²) in [5, 5.41) is 18.8. The second-order valence-electron chi connectivity index (χ2n) is 4.84. The van der Waals surface area contributed by atoms with Crippen LogP contribution in [0, 0.1) is 0 Å². The Morgan fingerprint density at radius 2 is 2.00 bits per heavy atom. The van der Waals surface area contributed by atoms with E-state index in [-0.39, 0.29) is 12.7 Å². The molecule has 1 aliphatic heterocycles. The topological polar surface area (TPSA) is 75.5 Å². The standard InChI is InChI=1S/C15H16N2O3/c18-9-15-13(19)7-14(20-15)10-4-5-12(17-8-10)11-3-1-2-6-16-11/h1-6,8,13-15,18-19H,7,9H2/t13?,14-,15-/m1/s1. The Labute approximate surface area is 116 Å². The lowest BCUT2D eigenvalue weighted by molar-refractivity contribution is -0.0226. The van der Waals surface area contributed by atoms with Crippen LogP contribution in [-0.2, 0) is 4.74 Å². The molecule has 0 saturated carbocycles. The molecule has 104 valence electrons. The van der Waals surface area contributed by atoms with Crippen molar-refractivity contribution >= 4 is 0 Å². The van der Waals surface area contributed by atoms with Crippen molar-refractivity contribution < 1.29 is 14.9 Å². The molecule has 0 aromatic carbocycles. The summed E-state index contributed by atoms with van der Waals surface area (Å²) in [5.74, 6) is 0. The van der Waals surface area contributed by atoms with E-state index in [1.54, 1.807) is 12.4 Å². The Balaban J connectivity index is 1.77. The summed E-state index contributed by atoms with van der Waals surface area (Å²) in [6.45, 7) is -0.170. The molecular formula is C15H16N2O3. The molecule has 3 heterocycles. The molecule has 2 N–H and O–H groups in total. The van der Waals surface area contributed by atoms with Crippen molar-refractivity contribution in [3.63, 3.8) is 0 Å². The van der Waals surface area contributed by atoms with Crippen molar-refractivity contribution in [3.8, 4) is 11.4 Å². The highest BCUT2D eigenvalue weighted by Crippen LogP contribution is 2.32. The summed E-state index contributed by atoms with van der Waals surface area (Å²) in [5.41, 5.74) is 2.52. The highest BCUT2D eigenvalue weighted by molar-refractivity contribution is 5.53. The maximum Gasteiger partial charge on any atom is 0.107 e. The van der Waals surface area contributed by atoms with E-state index >= 15 is 0 Å². The first-order valence-electron chi connectivity index (χ1n) is 6.59. The Bertz CT molecular complexity index is 559. The second kappa shape index (κ2) is 5.66. The van der Waals surface area contributed by atoms with Crippen LogP contribution >= 0.6 is 0 Å². The van der Waals surface area contributed by atoms with Crippen molar-refractivity contribution in [3.05, 3.63) is 48.3 Å². The first-order valence-corrected chi connectivity index (χ1v) is 6.59. The molecule has 0 amide bonds. The van der Waals surface area contributed by atoms with Gasteiger partial charge in [0.15, 0.2) is 0 Å². The van der Waals surface area contributed by atoms with Gasteiger partial charge in [-0.15, -0.1) is 0 Å². The fourth-order valence-electron chi connectivity index (χ4n) is 2.37. The highest BCUT2D eigenvalue weighted by atomic mass is 16.5. The van der Waals surface area contributed by atoms with Gasteiger partial charge >= 0.3 is 0 Å². The van der Waals surface area contributed by atoms with Gasteiger partial charge in [0.05, 0.1) is 30.2 Å². The SMILES string of the molecule is OC[C@H]1O[C@@H](c2ccc(-c3ccccn3)nc2)CC1O. The molecule has 5 heteroatoms. The van der Waals surface area contributed by atoms with Crippen LogP contribution in [0.5, 0.6) is 0 Å². The van der Waals surface area contributed by atoms with Gasteiger partial charge in [-0.3, -0.25) is 9.97 Å². The first-order chi connectivity index (χ1) is 9.78. The fraction of sp³-hybridized carbons (Fsp3) is 0.333. The lowest BCUT2D eigenvalue weighted by Crippen LogP contribution is -2.24. The van der Waals surface area contributed by atoms with E-state index in [1.807, 2.05) is 30.3 Å². The van der Waals surface area contributed by atoms with Crippen molar-refractivity contribution in [1.82, 2.24) is 9.97 Å². The van der Waals surface area contributed by atoms with Crippen LogP contribution in [0.15, 0.2) is 42.7 Å². The molecule has 20 heavy (non-hydrogen) atoms. The van der Waals surface area contributed by atoms with E-state index < -0.39 is 12.2 Å². The summed E-state index contributed by atoms with van der Waals surface area (Å²) in [6.07, 6.45) is 2.60. The number of pyridine rings is 2. The minimum Gasteiger partial charge on any atom is -0.394 e. The molecule has 1 unspecified atom stereocenters. The predicted octanol–water partition coefficient (Wildman–Crippen LogP) is 1.33. The summed E-state index contributed by atoms with van der Waals surface area (Å²) in [7, 11) is 0. The van der Waals surface area contributed by atoms with Gasteiger partial charge in [0.2, 0.25) is 0 Å². The maximum absolute atomic E-state index is 9.74. The Morgan fingerprint density at radius 1 is 1.15 bits per heavy atom. The number of aliphatic hydroxyl groups is 2. The van der Waals surface area contributed by atoms with Crippen LogP contribution < -0.4 is 0 Å². The van der Waals surface area contributed by atoms with Crippen molar-refractivity contribution in [2.24, 2.45) is 0 Å². The monoisotopic (exact) mass is 272 g/mol. The van der Waals surface area contributed by atoms with E-state index in [0.717, 1.165) is 17.0 Å². The van der Waals surface area contributed by atoms with Crippen LogP contribution in [0.4, 0.5) is 0 Å². The van der Waals surface area contributed by atoms with Gasteiger partial charge in [0, 0.05) is 18.8 Å². The zero-order valence-electron chi connectivity index (χ0n) is 10.9. The van der Waals surface area contributed by atoms with Gasteiger partial charge in [-0.1, -0.05) is 12.1 Å². The van der Waals surface area contributed by atoms with E-state index in [2.05, 4.69) is 9.97 Å². The van der Waals surface area contributed by atoms with Crippen LogP contribution in [0.3, 0.4) is 0 Å². The molecule has 0 bridgehead atoms. The maximum atomic E-state index is 9.74. The van der Waals surface area contributed by atoms with E-state index in [0.29, 0.717) is 6.42 Å². The molecule has 1 aliphatic rings. The minimum absolute atomic E-state index is 0.170. The number of nitrogens with zero attached hydrogens (tertiary/aromatic N) is 2. The molecule has 2 aromatic heterocycles. The molecule has 3 rings (SSSR count). The third-order valence-electron chi connectivity index (χ3n) is 3.49. The molecule has 0 aliphatic carbocycles. The highest BCUT2D eigenvalue weighted by Gasteiger charge is 2.34. The molecule has 0 radical (unpaired) electrons. The van der Waals surface area contributed by atoms with Crippen LogP contribution in [-0.4, -0.2) is 39.0 Å². The third kappa shape index (κ3) is 2.56. The minimum atomic E-state index is -0.625. The van der Waals surface area contributed by atoms with Gasteiger partial charge in [-0.2, -0.15) is 0 Å². The van der Waals surface area contributed by atoms with Gasteiger partial charge in [0.25, 0.3) is 0 Å². The zero-order chi connectivity index (χ0) is 13.9. The normalized spacial score (nSPS) is 25.8. The van der Waals surface area contributed by atoms with Crippen molar-refractivity contribution in [1.29, 1.82) is 0 Å². The Kier molecular flexibility index (Phi) is 3.73. The van der Waals surface area contributed by atoms with Crippen LogP contribution in [0.1, 0.15) is 18.1 Å². The molecule has 2 aromatic rings. The number of rotatable bonds is 3. The molecule has 0 spiro atoms. The van der Waals surface area contributed by atoms with E-state index in [9.17, 15) is 5.11 Å². The van der Waals surface area contributed by atoms with Gasteiger partial charge < -0.3 is 14.9 Å². The third-order valence-corrected chi connectivity index (χ3v) is 3.49. The summed E-state index contributed by atoms with van der Waals surface area (Å²) < 4.78 is 5.60. The van der Waals surface area contributed by atoms with Crippen LogP contribution in [0.2, 0.25) is 0 Å². The van der Waals surface area contributed by atoms with E-state index in [1.165, 1.54) is 0 Å². The van der Waals surface area contributed by atoms with Crippen LogP contribution in [0.25, 0.3) is 11.4 Å². The smallest absolute Gasteiger partial charge is 0.107 e. The molecular weight excluding hydrogens is 256 g/mol. The zero-order valence-corrected chi connectivity index (χ0v) is 10.9. The number of ether oxygens (including phenoxy) is 1. The second-order valence-corrected chi connectivity index (χ2v) is 4.84. The quantitative estimate of drug-likeness (QED) is 0.881.